The highest BCUT2D eigenvalue weighted by Crippen LogP contribution is 2.02. The fourth-order valence-electron chi connectivity index (χ4n) is 1.03. The highest BCUT2D eigenvalue weighted by Gasteiger charge is 2.17. The van der Waals surface area contributed by atoms with Gasteiger partial charge in [-0.25, -0.2) is 9.87 Å². The number of benzene rings is 1. The van der Waals surface area contributed by atoms with Gasteiger partial charge in [-0.15, -0.1) is 0 Å². The summed E-state index contributed by atoms with van der Waals surface area (Å²) in [6.45, 7) is 0. The highest BCUT2D eigenvalue weighted by atomic mass is 19.1. The van der Waals surface area contributed by atoms with Gasteiger partial charge >= 0.3 is 7.12 Å². The summed E-state index contributed by atoms with van der Waals surface area (Å²) in [5, 5.41) is 17.5. The van der Waals surface area contributed by atoms with E-state index in [9.17, 15) is 9.18 Å². The number of rotatable bonds is 3. The van der Waals surface area contributed by atoms with Gasteiger partial charge in [0.2, 0.25) is 0 Å². The monoisotopic (exact) mass is 213 g/mol. The van der Waals surface area contributed by atoms with Crippen LogP contribution in [0.25, 0.3) is 0 Å². The lowest BCUT2D eigenvalue weighted by atomic mass is 9.79. The number of hydroxylamine groups is 1. The minimum atomic E-state index is -1.90. The molecule has 0 radical (unpaired) electrons. The fourth-order valence-corrected chi connectivity index (χ4v) is 1.03. The van der Waals surface area contributed by atoms with Crippen LogP contribution in [-0.4, -0.2) is 30.2 Å². The normalized spacial score (nSPS) is 9.87. The van der Waals surface area contributed by atoms with Crippen LogP contribution in [0.3, 0.4) is 0 Å². The summed E-state index contributed by atoms with van der Waals surface area (Å²) in [6, 6.07) is 3.26. The van der Waals surface area contributed by atoms with Gasteiger partial charge < -0.3 is 10.0 Å². The molecule has 0 aromatic heterocycles. The number of carbonyl (C=O) groups is 1. The van der Waals surface area contributed by atoms with E-state index in [1.807, 2.05) is 5.48 Å². The molecule has 1 aromatic carbocycles. The minimum absolute atomic E-state index is 0.0266. The third-order valence-corrected chi connectivity index (χ3v) is 1.74. The van der Waals surface area contributed by atoms with Crippen LogP contribution in [0.4, 0.5) is 4.39 Å². The highest BCUT2D eigenvalue weighted by molar-refractivity contribution is 6.58. The van der Waals surface area contributed by atoms with Crippen molar-refractivity contribution in [3.8, 4) is 0 Å². The summed E-state index contributed by atoms with van der Waals surface area (Å²) in [6.07, 6.45) is 0. The third-order valence-electron chi connectivity index (χ3n) is 1.74. The molecule has 1 aromatic rings. The Bertz CT molecular complexity index is 372. The van der Waals surface area contributed by atoms with Gasteiger partial charge in [-0.05, 0) is 12.1 Å². The molecular weight excluding hydrogens is 204 g/mol. The lowest BCUT2D eigenvalue weighted by molar-refractivity contribution is 0.0537. The SMILES string of the molecule is CONC(=O)c1ccc(B(O)O)c(F)c1. The van der Waals surface area contributed by atoms with Gasteiger partial charge in [0.05, 0.1) is 7.11 Å². The molecule has 0 aliphatic carbocycles. The maximum Gasteiger partial charge on any atom is 0.491 e. The molecule has 0 unspecified atom stereocenters. The van der Waals surface area contributed by atoms with Gasteiger partial charge in [0.15, 0.2) is 0 Å². The Morgan fingerprint density at radius 3 is 2.67 bits per heavy atom. The van der Waals surface area contributed by atoms with Gasteiger partial charge in [-0.3, -0.25) is 9.63 Å². The largest absolute Gasteiger partial charge is 0.491 e. The van der Waals surface area contributed by atoms with E-state index in [2.05, 4.69) is 4.84 Å². The smallest absolute Gasteiger partial charge is 0.423 e. The van der Waals surface area contributed by atoms with Crippen molar-refractivity contribution in [3.05, 3.63) is 29.6 Å². The topological polar surface area (TPSA) is 78.8 Å². The Labute approximate surface area is 85.6 Å². The van der Waals surface area contributed by atoms with E-state index in [0.29, 0.717) is 0 Å². The van der Waals surface area contributed by atoms with E-state index in [1.165, 1.54) is 13.2 Å². The maximum atomic E-state index is 13.2. The van der Waals surface area contributed by atoms with Crippen molar-refractivity contribution >= 4 is 18.5 Å². The molecule has 0 aliphatic rings. The first-order chi connectivity index (χ1) is 7.06. The average Bonchev–Trinajstić information content (AvgIpc) is 2.17. The number of nitrogens with one attached hydrogen (secondary N) is 1. The van der Waals surface area contributed by atoms with E-state index in [4.69, 9.17) is 10.0 Å². The molecule has 0 fully saturated rings. The summed E-state index contributed by atoms with van der Waals surface area (Å²) in [5.41, 5.74) is 1.75. The molecule has 1 rings (SSSR count). The standard InChI is InChI=1S/C8H9BFNO4/c1-15-11-8(12)5-2-3-6(9(13)14)7(10)4-5/h2-4,13-14H,1H3,(H,11,12). The van der Waals surface area contributed by atoms with Crippen LogP contribution in [-0.2, 0) is 4.84 Å². The van der Waals surface area contributed by atoms with Crippen molar-refractivity contribution in [1.82, 2.24) is 5.48 Å². The van der Waals surface area contributed by atoms with Crippen molar-refractivity contribution < 1.29 is 24.1 Å². The average molecular weight is 213 g/mol. The number of amides is 1. The number of hydrogen-bond acceptors (Lipinski definition) is 4. The molecule has 0 saturated carbocycles. The van der Waals surface area contributed by atoms with Crippen LogP contribution in [0.2, 0.25) is 0 Å². The second kappa shape index (κ2) is 4.88. The Morgan fingerprint density at radius 2 is 2.20 bits per heavy atom. The molecular formula is C8H9BFNO4. The van der Waals surface area contributed by atoms with Crippen molar-refractivity contribution in [2.24, 2.45) is 0 Å². The quantitative estimate of drug-likeness (QED) is 0.435. The van der Waals surface area contributed by atoms with Crippen LogP contribution in [0.1, 0.15) is 10.4 Å². The Morgan fingerprint density at radius 1 is 1.53 bits per heavy atom. The molecule has 7 heteroatoms. The number of halogens is 1. The Kier molecular flexibility index (Phi) is 3.78. The third kappa shape index (κ3) is 2.75. The molecule has 0 saturated heterocycles. The molecule has 0 aliphatic heterocycles. The molecule has 0 spiro atoms. The second-order valence-electron chi connectivity index (χ2n) is 2.75. The number of hydrogen-bond donors (Lipinski definition) is 3. The fraction of sp³-hybridized carbons (Fsp3) is 0.125. The molecule has 3 N–H and O–H groups in total. The summed E-state index contributed by atoms with van der Waals surface area (Å²) in [5.74, 6) is -1.48. The zero-order chi connectivity index (χ0) is 11.4. The van der Waals surface area contributed by atoms with Gasteiger partial charge in [-0.1, -0.05) is 6.07 Å². The van der Waals surface area contributed by atoms with E-state index >= 15 is 0 Å². The first kappa shape index (κ1) is 11.6. The molecule has 5 nitrogen and oxygen atoms in total. The molecule has 80 valence electrons. The van der Waals surface area contributed by atoms with Gasteiger partial charge in [0.25, 0.3) is 5.91 Å². The summed E-state index contributed by atoms with van der Waals surface area (Å²) in [7, 11) is -0.648. The zero-order valence-electron chi connectivity index (χ0n) is 7.90. The minimum Gasteiger partial charge on any atom is -0.423 e. The van der Waals surface area contributed by atoms with Crippen LogP contribution in [0.5, 0.6) is 0 Å². The lowest BCUT2D eigenvalue weighted by Crippen LogP contribution is -2.33. The molecule has 0 bridgehead atoms. The molecule has 0 atom stereocenters. The van der Waals surface area contributed by atoms with Gasteiger partial charge in [0.1, 0.15) is 5.82 Å². The van der Waals surface area contributed by atoms with Crippen LogP contribution in [0, 0.1) is 5.82 Å². The van der Waals surface area contributed by atoms with E-state index in [1.54, 1.807) is 0 Å². The van der Waals surface area contributed by atoms with Crippen molar-refractivity contribution in [1.29, 1.82) is 0 Å². The van der Waals surface area contributed by atoms with E-state index < -0.39 is 18.8 Å². The van der Waals surface area contributed by atoms with Crippen molar-refractivity contribution in [2.75, 3.05) is 7.11 Å². The van der Waals surface area contributed by atoms with Gasteiger partial charge in [0, 0.05) is 11.0 Å². The predicted molar refractivity (Wildman–Crippen MR) is 50.7 cm³/mol. The predicted octanol–water partition coefficient (Wildman–Crippen LogP) is -1.20. The Balaban J connectivity index is 2.96. The molecule has 0 heterocycles. The molecule has 15 heavy (non-hydrogen) atoms. The van der Waals surface area contributed by atoms with E-state index in [-0.39, 0.29) is 11.0 Å². The summed E-state index contributed by atoms with van der Waals surface area (Å²) >= 11 is 0. The lowest BCUT2D eigenvalue weighted by Gasteiger charge is -2.05. The van der Waals surface area contributed by atoms with Crippen LogP contribution in [0.15, 0.2) is 18.2 Å². The summed E-state index contributed by atoms with van der Waals surface area (Å²) in [4.78, 5) is 15.5. The van der Waals surface area contributed by atoms with Crippen LogP contribution < -0.4 is 10.9 Å². The van der Waals surface area contributed by atoms with Crippen molar-refractivity contribution in [2.45, 2.75) is 0 Å². The maximum absolute atomic E-state index is 13.2. The van der Waals surface area contributed by atoms with Crippen molar-refractivity contribution in [3.63, 3.8) is 0 Å². The number of carbonyl (C=O) groups excluding carboxylic acids is 1. The second-order valence-corrected chi connectivity index (χ2v) is 2.75. The van der Waals surface area contributed by atoms with E-state index in [0.717, 1.165) is 12.1 Å². The Hall–Kier alpha value is -1.44. The molecule has 1 amide bonds. The summed E-state index contributed by atoms with van der Waals surface area (Å²) < 4.78 is 13.2. The first-order valence-electron chi connectivity index (χ1n) is 4.05. The first-order valence-corrected chi connectivity index (χ1v) is 4.05. The zero-order valence-corrected chi connectivity index (χ0v) is 7.90. The van der Waals surface area contributed by atoms with Gasteiger partial charge in [-0.2, -0.15) is 0 Å². The van der Waals surface area contributed by atoms with Crippen LogP contribution >= 0.6 is 0 Å².